The first-order valence-corrected chi connectivity index (χ1v) is 4.21. The van der Waals surface area contributed by atoms with E-state index in [0.29, 0.717) is 5.56 Å². The number of carbonyl (C=O) groups is 2. The molecule has 0 aliphatic heterocycles. The Morgan fingerprint density at radius 1 is 1.21 bits per heavy atom. The summed E-state index contributed by atoms with van der Waals surface area (Å²) in [6.45, 7) is 1.38. The molecule has 1 N–H and O–H groups in total. The van der Waals surface area contributed by atoms with Gasteiger partial charge in [-0.2, -0.15) is 0 Å². The van der Waals surface area contributed by atoms with Gasteiger partial charge in [0.15, 0.2) is 0 Å². The van der Waals surface area contributed by atoms with Gasteiger partial charge in [-0.1, -0.05) is 18.2 Å². The van der Waals surface area contributed by atoms with Crippen molar-refractivity contribution in [2.24, 2.45) is 0 Å². The molecule has 74 valence electrons. The van der Waals surface area contributed by atoms with E-state index >= 15 is 0 Å². The van der Waals surface area contributed by atoms with Crippen molar-refractivity contribution < 1.29 is 9.59 Å². The Labute approximate surface area is 82.5 Å². The fourth-order valence-corrected chi connectivity index (χ4v) is 0.885. The summed E-state index contributed by atoms with van der Waals surface area (Å²) in [6.07, 6.45) is 0. The zero-order valence-corrected chi connectivity index (χ0v) is 8.15. The molecule has 14 heavy (non-hydrogen) atoms. The monoisotopic (exact) mass is 192 g/mol. The van der Waals surface area contributed by atoms with Crippen LogP contribution in [0.5, 0.6) is 0 Å². The zero-order valence-electron chi connectivity index (χ0n) is 8.15. The molecule has 0 aliphatic carbocycles. The Morgan fingerprint density at radius 2 is 1.79 bits per heavy atom. The SMILES string of the molecule is CC(=O)N(C)NC(=O)c1ccccc1. The van der Waals surface area contributed by atoms with Gasteiger partial charge >= 0.3 is 0 Å². The number of hydrogen-bond donors (Lipinski definition) is 1. The molecule has 0 atom stereocenters. The number of nitrogens with one attached hydrogen (secondary N) is 1. The maximum absolute atomic E-state index is 11.5. The minimum absolute atomic E-state index is 0.214. The predicted molar refractivity (Wildman–Crippen MR) is 52.4 cm³/mol. The van der Waals surface area contributed by atoms with Crippen molar-refractivity contribution in [3.63, 3.8) is 0 Å². The number of amides is 2. The maximum Gasteiger partial charge on any atom is 0.269 e. The third-order valence-corrected chi connectivity index (χ3v) is 1.78. The predicted octanol–water partition coefficient (Wildman–Crippen LogP) is 0.810. The van der Waals surface area contributed by atoms with Crippen molar-refractivity contribution in [3.05, 3.63) is 35.9 Å². The van der Waals surface area contributed by atoms with Gasteiger partial charge in [0.1, 0.15) is 0 Å². The Kier molecular flexibility index (Phi) is 3.23. The molecule has 0 heterocycles. The van der Waals surface area contributed by atoms with E-state index in [0.717, 1.165) is 5.01 Å². The Morgan fingerprint density at radius 3 is 2.29 bits per heavy atom. The van der Waals surface area contributed by atoms with Crippen LogP contribution in [0, 0.1) is 0 Å². The van der Waals surface area contributed by atoms with Gasteiger partial charge < -0.3 is 0 Å². The van der Waals surface area contributed by atoms with Crippen molar-refractivity contribution in [2.75, 3.05) is 7.05 Å². The number of nitrogens with zero attached hydrogens (tertiary/aromatic N) is 1. The maximum atomic E-state index is 11.5. The first kappa shape index (κ1) is 10.2. The van der Waals surface area contributed by atoms with Crippen LogP contribution < -0.4 is 5.43 Å². The van der Waals surface area contributed by atoms with E-state index in [1.165, 1.54) is 14.0 Å². The van der Waals surface area contributed by atoms with Crippen LogP contribution in [0.3, 0.4) is 0 Å². The second-order valence-corrected chi connectivity index (χ2v) is 2.88. The van der Waals surface area contributed by atoms with Crippen molar-refractivity contribution in [1.29, 1.82) is 0 Å². The van der Waals surface area contributed by atoms with Gasteiger partial charge in [0.05, 0.1) is 0 Å². The van der Waals surface area contributed by atoms with Crippen LogP contribution in [-0.2, 0) is 4.79 Å². The quantitative estimate of drug-likeness (QED) is 0.669. The molecule has 0 unspecified atom stereocenters. The summed E-state index contributed by atoms with van der Waals surface area (Å²) in [5, 5.41) is 1.15. The molecule has 0 saturated heterocycles. The van der Waals surface area contributed by atoms with Gasteiger partial charge in [-0.25, -0.2) is 0 Å². The molecule has 0 spiro atoms. The van der Waals surface area contributed by atoms with Crippen molar-refractivity contribution in [1.82, 2.24) is 10.4 Å². The second-order valence-electron chi connectivity index (χ2n) is 2.88. The highest BCUT2D eigenvalue weighted by atomic mass is 16.2. The number of hydrazine groups is 1. The zero-order chi connectivity index (χ0) is 10.6. The van der Waals surface area contributed by atoms with Gasteiger partial charge in [-0.05, 0) is 12.1 Å². The Bertz CT molecular complexity index is 335. The molecule has 0 radical (unpaired) electrons. The molecule has 1 aromatic rings. The van der Waals surface area contributed by atoms with E-state index in [4.69, 9.17) is 0 Å². The summed E-state index contributed by atoms with van der Waals surface area (Å²) < 4.78 is 0. The van der Waals surface area contributed by atoms with Gasteiger partial charge in [0.2, 0.25) is 5.91 Å². The van der Waals surface area contributed by atoms with Crippen LogP contribution in [-0.4, -0.2) is 23.9 Å². The number of carbonyl (C=O) groups excluding carboxylic acids is 2. The first-order valence-electron chi connectivity index (χ1n) is 4.21. The molecule has 1 rings (SSSR count). The summed E-state index contributed by atoms with van der Waals surface area (Å²) in [5.74, 6) is -0.502. The van der Waals surface area contributed by atoms with Crippen LogP contribution in [0.1, 0.15) is 17.3 Å². The fraction of sp³-hybridized carbons (Fsp3) is 0.200. The van der Waals surface area contributed by atoms with Gasteiger partial charge in [-0.15, -0.1) is 0 Å². The topological polar surface area (TPSA) is 49.4 Å². The van der Waals surface area contributed by atoms with Gasteiger partial charge in [0.25, 0.3) is 5.91 Å². The molecule has 2 amide bonds. The molecular weight excluding hydrogens is 180 g/mol. The number of hydrogen-bond acceptors (Lipinski definition) is 2. The van der Waals surface area contributed by atoms with E-state index < -0.39 is 0 Å². The van der Waals surface area contributed by atoms with Crippen LogP contribution in [0.25, 0.3) is 0 Å². The summed E-state index contributed by atoms with van der Waals surface area (Å²) in [7, 11) is 1.50. The van der Waals surface area contributed by atoms with Gasteiger partial charge in [-0.3, -0.25) is 20.0 Å². The Hall–Kier alpha value is -1.84. The average molecular weight is 192 g/mol. The minimum Gasteiger partial charge on any atom is -0.273 e. The molecule has 0 aromatic heterocycles. The number of benzene rings is 1. The summed E-state index contributed by atoms with van der Waals surface area (Å²) >= 11 is 0. The van der Waals surface area contributed by atoms with E-state index in [-0.39, 0.29) is 11.8 Å². The molecular formula is C10H12N2O2. The molecule has 0 bridgehead atoms. The third kappa shape index (κ3) is 2.58. The largest absolute Gasteiger partial charge is 0.273 e. The highest BCUT2D eigenvalue weighted by Crippen LogP contribution is 1.97. The highest BCUT2D eigenvalue weighted by molar-refractivity contribution is 5.95. The molecule has 0 saturated carbocycles. The van der Waals surface area contributed by atoms with E-state index in [1.807, 2.05) is 6.07 Å². The van der Waals surface area contributed by atoms with E-state index in [2.05, 4.69) is 5.43 Å². The normalized spacial score (nSPS) is 9.29. The lowest BCUT2D eigenvalue weighted by atomic mass is 10.2. The smallest absolute Gasteiger partial charge is 0.269 e. The third-order valence-electron chi connectivity index (χ3n) is 1.78. The summed E-state index contributed by atoms with van der Waals surface area (Å²) in [6, 6.07) is 8.73. The van der Waals surface area contributed by atoms with E-state index in [1.54, 1.807) is 24.3 Å². The second kappa shape index (κ2) is 4.41. The van der Waals surface area contributed by atoms with Gasteiger partial charge in [0, 0.05) is 19.5 Å². The van der Waals surface area contributed by atoms with Crippen molar-refractivity contribution in [3.8, 4) is 0 Å². The standard InChI is InChI=1S/C10H12N2O2/c1-8(13)12(2)11-10(14)9-6-4-3-5-7-9/h3-7H,1-2H3,(H,11,14). The lowest BCUT2D eigenvalue weighted by Gasteiger charge is -2.15. The van der Waals surface area contributed by atoms with Crippen molar-refractivity contribution >= 4 is 11.8 Å². The van der Waals surface area contributed by atoms with Crippen molar-refractivity contribution in [2.45, 2.75) is 6.92 Å². The lowest BCUT2D eigenvalue weighted by molar-refractivity contribution is -0.129. The first-order chi connectivity index (χ1) is 6.61. The molecule has 4 nitrogen and oxygen atoms in total. The summed E-state index contributed by atoms with van der Waals surface area (Å²) in [4.78, 5) is 22.3. The van der Waals surface area contributed by atoms with Crippen LogP contribution in [0.4, 0.5) is 0 Å². The Balaban J connectivity index is 2.64. The van der Waals surface area contributed by atoms with Crippen LogP contribution in [0.15, 0.2) is 30.3 Å². The minimum atomic E-state index is -0.289. The highest BCUT2D eigenvalue weighted by Gasteiger charge is 2.08. The van der Waals surface area contributed by atoms with E-state index in [9.17, 15) is 9.59 Å². The van der Waals surface area contributed by atoms with Crippen LogP contribution in [0.2, 0.25) is 0 Å². The van der Waals surface area contributed by atoms with Crippen LogP contribution >= 0.6 is 0 Å². The average Bonchev–Trinajstić information content (AvgIpc) is 2.19. The fourth-order valence-electron chi connectivity index (χ4n) is 0.885. The summed E-state index contributed by atoms with van der Waals surface area (Å²) in [5.41, 5.74) is 2.97. The molecule has 1 aromatic carbocycles. The number of rotatable bonds is 1. The molecule has 4 heteroatoms. The molecule has 0 fully saturated rings. The molecule has 0 aliphatic rings. The lowest BCUT2D eigenvalue weighted by Crippen LogP contribution is -2.42.